The van der Waals surface area contributed by atoms with Crippen LogP contribution in [0.25, 0.3) is 39.1 Å². The molecule has 0 bridgehead atoms. The van der Waals surface area contributed by atoms with Crippen LogP contribution >= 0.6 is 15.2 Å². The number of aromatic hydroxyl groups is 1. The number of phenolic OH excluding ortho intramolecular Hbond substituents is 1. The molecule has 7 rings (SSSR count). The van der Waals surface area contributed by atoms with Crippen molar-refractivity contribution in [2.24, 2.45) is 35.0 Å². The van der Waals surface area contributed by atoms with E-state index in [1.807, 2.05) is 24.3 Å². The Morgan fingerprint density at radius 2 is 1.02 bits per heavy atom. The highest BCUT2D eigenvalue weighted by molar-refractivity contribution is 7.52. The number of phenols is 1. The highest BCUT2D eigenvalue weighted by Crippen LogP contribution is 2.60. The average Bonchev–Trinajstić information content (AvgIpc) is 0.744. The molecule has 0 spiro atoms. The van der Waals surface area contributed by atoms with Crippen molar-refractivity contribution in [3.05, 3.63) is 189 Å². The first-order valence-electron chi connectivity index (χ1n) is 36.2. The molecule has 0 aromatic heterocycles. The molecule has 5 aromatic rings. The number of unbranched alkanes of at least 4 members (excludes halogenated alkanes) is 3. The molecule has 113 heavy (non-hydrogen) atoms. The largest absolute Gasteiger partial charge is 0.508 e. The molecule has 28 nitrogen and oxygen atoms in total. The fourth-order valence-electron chi connectivity index (χ4n) is 12.4. The predicted octanol–water partition coefficient (Wildman–Crippen LogP) is 9.13. The number of nitrogens with one attached hydrogen (secondary N) is 5. The van der Waals surface area contributed by atoms with Gasteiger partial charge in [-0.1, -0.05) is 99.3 Å². The minimum atomic E-state index is -5.83. The normalized spacial score (nSPS) is 13.4. The number of amides is 6. The molecule has 6 unspecified atom stereocenters. The standard InChI is InChI=1S/C50H56F2N5O14P.C29H38F2N3O6P/c1-27(21-41(61)39(7-3-5-19-53)56-48(65)31(22-28(2)58)23-29-9-12-32(13-10-29)50(51,52)72(68,69)70)46(63)57-40(45(54)62)8-4-6-20-55-47(64)30-11-16-35(38(24-30)49(66)67)44-36-17-14-33(59)25-42(36)71-43-26-34(60)15-18-37(43)44;1-4-21-8-12-23(13-9-21)20(3)33-16-6-5-7-26(27(32)36)34-28(37)24(17-19(2)35)18-22-10-14-25(15-11-22)29(30,31)41(38,39)40/h9-18,24-27,31,39-40,59H,3-8,19-23,53H2,1-2H3,(H2,54,62)(H,55,64)(H,56,65)(H,57,63)(H,66,67)(H2,68,69,70);8-15,24,26,33H,3-7,16-18H2,1-2H3,(H2,32,36)(H,34,37)(H2,38,39,40). The van der Waals surface area contributed by atoms with Gasteiger partial charge in [0, 0.05) is 101 Å². The van der Waals surface area contributed by atoms with E-state index in [9.17, 15) is 89.6 Å². The number of carboxylic acid groups (broad SMARTS) is 1. The number of fused-ring (bicyclic) bond motifs is 2. The number of halogens is 4. The number of carboxylic acids is 1. The summed E-state index contributed by atoms with van der Waals surface area (Å²) in [5.74, 6) is -9.69. The van der Waals surface area contributed by atoms with Crippen LogP contribution in [0.1, 0.15) is 159 Å². The highest BCUT2D eigenvalue weighted by Gasteiger charge is 2.51. The third-order valence-corrected chi connectivity index (χ3v) is 20.6. The number of Topliss-reactive ketones (excluding diaryl/α,β-unsaturated/α-hetero) is 3. The van der Waals surface area contributed by atoms with Crippen molar-refractivity contribution < 1.29 is 109 Å². The van der Waals surface area contributed by atoms with Gasteiger partial charge in [0.15, 0.2) is 11.2 Å². The molecular weight excluding hydrogens is 1520 g/mol. The number of nitrogens with two attached hydrogens (primary N) is 3. The Balaban J connectivity index is 0.000000411. The van der Waals surface area contributed by atoms with Crippen molar-refractivity contribution in [3.63, 3.8) is 0 Å². The smallest absolute Gasteiger partial charge is 0.399 e. The Bertz CT molecular complexity index is 4730. The highest BCUT2D eigenvalue weighted by atomic mass is 31.2. The van der Waals surface area contributed by atoms with Crippen LogP contribution in [0.3, 0.4) is 0 Å². The maximum atomic E-state index is 14.2. The van der Waals surface area contributed by atoms with Crippen molar-refractivity contribution >= 4 is 90.6 Å². The Morgan fingerprint density at radius 3 is 1.50 bits per heavy atom. The van der Waals surface area contributed by atoms with E-state index in [4.69, 9.17) is 41.2 Å². The van der Waals surface area contributed by atoms with Gasteiger partial charge in [0.25, 0.3) is 5.91 Å². The summed E-state index contributed by atoms with van der Waals surface area (Å²) >= 11 is 0. The molecule has 6 amide bonds. The summed E-state index contributed by atoms with van der Waals surface area (Å²) in [5, 5.41) is 34.6. The summed E-state index contributed by atoms with van der Waals surface area (Å²) in [6.45, 7) is 11.1. The maximum absolute atomic E-state index is 14.2. The van der Waals surface area contributed by atoms with E-state index in [0.717, 1.165) is 54.1 Å². The van der Waals surface area contributed by atoms with E-state index in [1.165, 1.54) is 87.0 Å². The summed E-state index contributed by atoms with van der Waals surface area (Å²) in [7, 11) is -11.6. The first-order valence-corrected chi connectivity index (χ1v) is 39.4. The maximum Gasteiger partial charge on any atom is 0.399 e. The van der Waals surface area contributed by atoms with E-state index in [2.05, 4.69) is 40.1 Å². The van der Waals surface area contributed by atoms with Crippen LogP contribution in [0.2, 0.25) is 0 Å². The lowest BCUT2D eigenvalue weighted by Crippen LogP contribution is -2.48. The lowest BCUT2D eigenvalue weighted by Gasteiger charge is -2.24. The third-order valence-electron chi connectivity index (χ3n) is 18.7. The van der Waals surface area contributed by atoms with Gasteiger partial charge in [-0.25, -0.2) is 4.79 Å². The summed E-state index contributed by atoms with van der Waals surface area (Å²) in [4.78, 5) is 176. The van der Waals surface area contributed by atoms with Crippen molar-refractivity contribution in [2.45, 2.75) is 153 Å². The average molecular weight is 1610 g/mol. The quantitative estimate of drug-likeness (QED) is 0.00732. The molecule has 34 heteroatoms. The molecule has 0 saturated heterocycles. The second kappa shape index (κ2) is 41.3. The SMILES string of the molecule is C=C(NCCCCC(NC(=O)C(CC(C)=O)Cc1ccc(C(F)(F)P(=O)(O)O)cc1)C(N)=O)c1ccc(CC)cc1.CC(=O)CC(Cc1ccc(C(F)(F)P(=O)(O)O)cc1)C(=O)NC(CCCCN)C(=O)CC(C)C(=O)NC(CCCCNC(=O)c1ccc(-c2c3ccc(=O)cc-3oc3cc(O)ccc23)c(C(=O)O)c1)C(N)=O. The number of primary amides is 2. The summed E-state index contributed by atoms with van der Waals surface area (Å²) < 4.78 is 84.6. The van der Waals surface area contributed by atoms with Crippen LogP contribution in [0.5, 0.6) is 5.75 Å². The van der Waals surface area contributed by atoms with Crippen LogP contribution in [0, 0.1) is 17.8 Å². The van der Waals surface area contributed by atoms with Crippen molar-refractivity contribution in [2.75, 3.05) is 19.6 Å². The zero-order valence-electron chi connectivity index (χ0n) is 62.6. The van der Waals surface area contributed by atoms with Gasteiger partial charge in [-0.05, 0) is 162 Å². The Hall–Kier alpha value is -10.6. The Kier molecular flexibility index (Phi) is 33.3. The number of aryl methyl sites for hydroxylation is 1. The predicted molar refractivity (Wildman–Crippen MR) is 412 cm³/mol. The molecule has 0 radical (unpaired) electrons. The van der Waals surface area contributed by atoms with Crippen molar-refractivity contribution in [1.82, 2.24) is 26.6 Å². The molecule has 6 atom stereocenters. The van der Waals surface area contributed by atoms with E-state index in [0.29, 0.717) is 66.3 Å². The second-order valence-electron chi connectivity index (χ2n) is 27.6. The number of hydrogen-bond donors (Lipinski definition) is 14. The minimum absolute atomic E-state index is 0.0233. The van der Waals surface area contributed by atoms with Crippen LogP contribution < -0.4 is 49.2 Å². The van der Waals surface area contributed by atoms with Gasteiger partial charge in [0.1, 0.15) is 40.7 Å². The molecule has 2 aliphatic rings. The number of ketones is 3. The Labute approximate surface area is 648 Å². The fourth-order valence-corrected chi connectivity index (χ4v) is 13.3. The molecule has 5 aromatic carbocycles. The first-order chi connectivity index (χ1) is 53.1. The summed E-state index contributed by atoms with van der Waals surface area (Å²) in [6, 6.07) is 25.4. The van der Waals surface area contributed by atoms with Gasteiger partial charge in [0.2, 0.25) is 29.5 Å². The zero-order valence-corrected chi connectivity index (χ0v) is 64.3. The van der Waals surface area contributed by atoms with Gasteiger partial charge in [0.05, 0.1) is 11.6 Å². The third kappa shape index (κ3) is 26.2. The molecule has 0 saturated carbocycles. The number of benzene rings is 6. The number of carbonyl (C=O) groups excluding carboxylic acids is 9. The fraction of sp³-hybridized carbons (Fsp3) is 0.380. The van der Waals surface area contributed by atoms with Gasteiger partial charge >= 0.3 is 32.5 Å². The number of carbonyl (C=O) groups is 10. The topological polar surface area (TPSA) is 495 Å². The molecule has 17 N–H and O–H groups in total. The molecule has 608 valence electrons. The monoisotopic (exact) mass is 1610 g/mol. The second-order valence-corrected chi connectivity index (χ2v) is 30.9. The summed E-state index contributed by atoms with van der Waals surface area (Å²) in [5.41, 5.74) is 10.5. The number of aromatic carboxylic acids is 1. The van der Waals surface area contributed by atoms with Gasteiger partial charge < -0.3 is 87.6 Å². The van der Waals surface area contributed by atoms with Gasteiger partial charge in [-0.15, -0.1) is 0 Å². The molecular formula is C79H94F4N8O20P2. The zero-order chi connectivity index (χ0) is 83.9. The van der Waals surface area contributed by atoms with E-state index in [1.54, 1.807) is 6.07 Å². The molecule has 1 heterocycles. The van der Waals surface area contributed by atoms with Gasteiger partial charge in [-0.3, -0.25) is 47.5 Å². The van der Waals surface area contributed by atoms with E-state index < -0.39 is 121 Å². The van der Waals surface area contributed by atoms with Crippen LogP contribution in [0.4, 0.5) is 17.6 Å². The lowest BCUT2D eigenvalue weighted by atomic mass is 9.90. The van der Waals surface area contributed by atoms with E-state index in [-0.39, 0.29) is 122 Å². The van der Waals surface area contributed by atoms with Crippen LogP contribution in [-0.2, 0) is 78.1 Å². The lowest BCUT2D eigenvalue weighted by molar-refractivity contribution is -0.134. The first kappa shape index (κ1) is 91.3. The van der Waals surface area contributed by atoms with Crippen LogP contribution in [-0.4, -0.2) is 126 Å². The van der Waals surface area contributed by atoms with Crippen LogP contribution in [0.15, 0.2) is 143 Å². The molecule has 1 aliphatic carbocycles. The summed E-state index contributed by atoms with van der Waals surface area (Å²) in [6.07, 6.45) is 3.10. The number of hydrogen-bond acceptors (Lipinski definition) is 17. The Morgan fingerprint density at radius 1 is 0.558 bits per heavy atom. The number of alkyl halides is 4. The number of rotatable bonds is 43. The molecule has 0 fully saturated rings. The minimum Gasteiger partial charge on any atom is -0.508 e. The molecule has 1 aliphatic heterocycles. The van der Waals surface area contributed by atoms with Gasteiger partial charge in [-0.2, -0.15) is 17.6 Å². The van der Waals surface area contributed by atoms with Crippen molar-refractivity contribution in [1.29, 1.82) is 0 Å². The van der Waals surface area contributed by atoms with E-state index >= 15 is 0 Å². The van der Waals surface area contributed by atoms with Crippen molar-refractivity contribution in [3.8, 4) is 28.2 Å².